The van der Waals surface area contributed by atoms with Gasteiger partial charge >= 0.3 is 0 Å². The molecule has 1 aliphatic heterocycles. The summed E-state index contributed by atoms with van der Waals surface area (Å²) in [6, 6.07) is 14.4. The Bertz CT molecular complexity index is 819. The Balaban J connectivity index is 1.67. The fourth-order valence-corrected chi connectivity index (χ4v) is 3.16. The minimum atomic E-state index is -0.298. The van der Waals surface area contributed by atoms with E-state index >= 15 is 0 Å². The van der Waals surface area contributed by atoms with E-state index in [0.717, 1.165) is 22.4 Å². The van der Waals surface area contributed by atoms with Gasteiger partial charge in [0.25, 0.3) is 0 Å². The smallest absolute Gasteiger partial charge is 0.222 e. The molecule has 0 aromatic heterocycles. The maximum atomic E-state index is 13.4. The lowest BCUT2D eigenvalue weighted by molar-refractivity contribution is -0.133. The molecule has 0 radical (unpaired) electrons. The largest absolute Gasteiger partial charge is 0.390 e. The highest BCUT2D eigenvalue weighted by atomic mass is 19.1. The van der Waals surface area contributed by atoms with Crippen LogP contribution in [0.2, 0.25) is 0 Å². The summed E-state index contributed by atoms with van der Waals surface area (Å²) in [6.45, 7) is 4.67. The average Bonchev–Trinajstić information content (AvgIpc) is 3.09. The molecular formula is C21H23FN2O2. The highest BCUT2D eigenvalue weighted by molar-refractivity contribution is 6.02. The van der Waals surface area contributed by atoms with E-state index in [9.17, 15) is 9.18 Å². The molecule has 4 nitrogen and oxygen atoms in total. The molecular weight excluding hydrogens is 331 g/mol. The third kappa shape index (κ3) is 4.28. The van der Waals surface area contributed by atoms with E-state index in [1.807, 2.05) is 44.2 Å². The van der Waals surface area contributed by atoms with Crippen molar-refractivity contribution in [2.45, 2.75) is 39.3 Å². The van der Waals surface area contributed by atoms with Crippen molar-refractivity contribution in [1.29, 1.82) is 0 Å². The molecule has 0 aliphatic carbocycles. The van der Waals surface area contributed by atoms with Crippen LogP contribution in [0.15, 0.2) is 53.7 Å². The number of oxime groups is 1. The summed E-state index contributed by atoms with van der Waals surface area (Å²) >= 11 is 0. The molecule has 2 aromatic carbocycles. The first kappa shape index (κ1) is 18.1. The first-order valence-corrected chi connectivity index (χ1v) is 8.87. The van der Waals surface area contributed by atoms with Crippen LogP contribution in [0.3, 0.4) is 0 Å². The zero-order valence-electron chi connectivity index (χ0n) is 15.1. The molecule has 3 rings (SSSR count). The van der Waals surface area contributed by atoms with Crippen molar-refractivity contribution in [3.05, 3.63) is 71.0 Å². The topological polar surface area (TPSA) is 41.9 Å². The highest BCUT2D eigenvalue weighted by Crippen LogP contribution is 2.21. The first-order valence-electron chi connectivity index (χ1n) is 8.87. The number of carbonyl (C=O) groups excluding carboxylic acids is 1. The number of hydrogen-bond donors (Lipinski definition) is 0. The molecule has 0 fully saturated rings. The number of hydrogen-bond acceptors (Lipinski definition) is 3. The molecule has 0 spiro atoms. The normalized spacial score (nSPS) is 16.1. The van der Waals surface area contributed by atoms with Crippen molar-refractivity contribution in [1.82, 2.24) is 4.90 Å². The van der Waals surface area contributed by atoms with Crippen molar-refractivity contribution < 1.29 is 14.0 Å². The van der Waals surface area contributed by atoms with Crippen LogP contribution < -0.4 is 0 Å². The van der Waals surface area contributed by atoms with Crippen LogP contribution in [-0.2, 0) is 16.2 Å². The number of rotatable bonds is 6. The van der Waals surface area contributed by atoms with Gasteiger partial charge < -0.3 is 9.74 Å². The number of carbonyl (C=O) groups is 1. The van der Waals surface area contributed by atoms with Gasteiger partial charge in [-0.3, -0.25) is 4.79 Å². The average molecular weight is 354 g/mol. The lowest BCUT2D eigenvalue weighted by atomic mass is 10.00. The number of benzene rings is 2. The summed E-state index contributed by atoms with van der Waals surface area (Å²) in [5, 5.41) is 4.23. The van der Waals surface area contributed by atoms with E-state index in [2.05, 4.69) is 5.16 Å². The standard InChI is InChI=1S/C21H23FN2O2/c1-3-21(25)24(13-16-8-6-9-17(22)11-16)14-18-12-20(23-26-18)19-10-5-4-7-15(19)2/h4-11,18H,3,12-14H2,1-2H3/t18-/m1/s1. The molecule has 0 saturated heterocycles. The number of halogens is 1. The fraction of sp³-hybridized carbons (Fsp3) is 0.333. The number of aryl methyl sites for hydroxylation is 1. The van der Waals surface area contributed by atoms with E-state index in [4.69, 9.17) is 4.84 Å². The summed E-state index contributed by atoms with van der Waals surface area (Å²) in [5.41, 5.74) is 3.90. The van der Waals surface area contributed by atoms with Crippen molar-refractivity contribution in [3.63, 3.8) is 0 Å². The molecule has 136 valence electrons. The lowest BCUT2D eigenvalue weighted by Crippen LogP contribution is -2.36. The van der Waals surface area contributed by atoms with Gasteiger partial charge in [-0.25, -0.2) is 4.39 Å². The summed E-state index contributed by atoms with van der Waals surface area (Å²) < 4.78 is 13.4. The van der Waals surface area contributed by atoms with Gasteiger partial charge in [0.2, 0.25) is 5.91 Å². The van der Waals surface area contributed by atoms with Gasteiger partial charge in [-0.1, -0.05) is 48.5 Å². The van der Waals surface area contributed by atoms with Gasteiger partial charge in [-0.15, -0.1) is 0 Å². The molecule has 0 saturated carbocycles. The van der Waals surface area contributed by atoms with E-state index in [0.29, 0.717) is 25.9 Å². The summed E-state index contributed by atoms with van der Waals surface area (Å²) in [5.74, 6) is -0.282. The first-order chi connectivity index (χ1) is 12.6. The number of nitrogens with zero attached hydrogens (tertiary/aromatic N) is 2. The van der Waals surface area contributed by atoms with Gasteiger partial charge in [-0.05, 0) is 30.2 Å². The van der Waals surface area contributed by atoms with E-state index in [-0.39, 0.29) is 17.8 Å². The van der Waals surface area contributed by atoms with E-state index in [1.54, 1.807) is 11.0 Å². The summed E-state index contributed by atoms with van der Waals surface area (Å²) in [7, 11) is 0. The zero-order valence-corrected chi connectivity index (χ0v) is 15.1. The second kappa shape index (κ2) is 8.13. The lowest BCUT2D eigenvalue weighted by Gasteiger charge is -2.24. The number of amides is 1. The molecule has 5 heteroatoms. The van der Waals surface area contributed by atoms with Crippen LogP contribution in [0, 0.1) is 12.7 Å². The van der Waals surface area contributed by atoms with Gasteiger partial charge in [0, 0.05) is 24.9 Å². The van der Waals surface area contributed by atoms with Crippen LogP contribution >= 0.6 is 0 Å². The van der Waals surface area contributed by atoms with Gasteiger partial charge in [-0.2, -0.15) is 0 Å². The second-order valence-corrected chi connectivity index (χ2v) is 6.54. The Morgan fingerprint density at radius 3 is 2.81 bits per heavy atom. The van der Waals surface area contributed by atoms with E-state index in [1.165, 1.54) is 12.1 Å². The SMILES string of the molecule is CCC(=O)N(Cc1cccc(F)c1)C[C@H]1CC(c2ccccc2C)=NO1. The monoisotopic (exact) mass is 354 g/mol. The van der Waals surface area contributed by atoms with Crippen molar-refractivity contribution in [3.8, 4) is 0 Å². The Kier molecular flexibility index (Phi) is 5.66. The minimum absolute atomic E-state index is 0.0159. The molecule has 0 bridgehead atoms. The Morgan fingerprint density at radius 2 is 2.08 bits per heavy atom. The van der Waals surface area contributed by atoms with Crippen molar-refractivity contribution in [2.75, 3.05) is 6.54 Å². The van der Waals surface area contributed by atoms with Crippen molar-refractivity contribution in [2.24, 2.45) is 5.16 Å². The maximum absolute atomic E-state index is 13.4. The highest BCUT2D eigenvalue weighted by Gasteiger charge is 2.27. The van der Waals surface area contributed by atoms with Gasteiger partial charge in [0.15, 0.2) is 6.10 Å². The molecule has 0 N–H and O–H groups in total. The fourth-order valence-electron chi connectivity index (χ4n) is 3.16. The minimum Gasteiger partial charge on any atom is -0.390 e. The third-order valence-corrected chi connectivity index (χ3v) is 4.53. The molecule has 1 aliphatic rings. The van der Waals surface area contributed by atoms with Crippen molar-refractivity contribution >= 4 is 11.6 Å². The summed E-state index contributed by atoms with van der Waals surface area (Å²) in [4.78, 5) is 19.6. The third-order valence-electron chi connectivity index (χ3n) is 4.53. The molecule has 1 heterocycles. The van der Waals surface area contributed by atoms with Crippen LogP contribution in [0.5, 0.6) is 0 Å². The Hall–Kier alpha value is -2.69. The molecule has 26 heavy (non-hydrogen) atoms. The second-order valence-electron chi connectivity index (χ2n) is 6.54. The Labute approximate surface area is 153 Å². The van der Waals surface area contributed by atoms with E-state index < -0.39 is 0 Å². The van der Waals surface area contributed by atoms with Gasteiger partial charge in [0.05, 0.1) is 12.3 Å². The predicted octanol–water partition coefficient (Wildman–Crippen LogP) is 4.07. The quantitative estimate of drug-likeness (QED) is 0.785. The van der Waals surface area contributed by atoms with Crippen LogP contribution in [0.25, 0.3) is 0 Å². The van der Waals surface area contributed by atoms with Crippen LogP contribution in [0.1, 0.15) is 36.5 Å². The molecule has 1 amide bonds. The predicted molar refractivity (Wildman–Crippen MR) is 99.3 cm³/mol. The Morgan fingerprint density at radius 1 is 1.27 bits per heavy atom. The molecule has 0 unspecified atom stereocenters. The zero-order chi connectivity index (χ0) is 18.5. The van der Waals surface area contributed by atoms with Crippen LogP contribution in [-0.4, -0.2) is 29.2 Å². The summed E-state index contributed by atoms with van der Waals surface area (Å²) in [6.07, 6.45) is 0.864. The maximum Gasteiger partial charge on any atom is 0.222 e. The molecule has 2 aromatic rings. The van der Waals surface area contributed by atoms with Crippen LogP contribution in [0.4, 0.5) is 4.39 Å². The van der Waals surface area contributed by atoms with Gasteiger partial charge in [0.1, 0.15) is 5.82 Å². The molecule has 1 atom stereocenters.